The first-order valence-corrected chi connectivity index (χ1v) is 8.08. The Morgan fingerprint density at radius 2 is 1.81 bits per heavy atom. The van der Waals surface area contributed by atoms with Crippen molar-refractivity contribution in [2.45, 2.75) is 53.0 Å². The molecule has 1 nitrogen and oxygen atoms in total. The number of hydrogen-bond donors (Lipinski definition) is 0. The van der Waals surface area contributed by atoms with E-state index in [9.17, 15) is 0 Å². The van der Waals surface area contributed by atoms with Crippen molar-refractivity contribution in [3.63, 3.8) is 0 Å². The summed E-state index contributed by atoms with van der Waals surface area (Å²) in [7, 11) is 2.17. The van der Waals surface area contributed by atoms with Gasteiger partial charge in [-0.1, -0.05) is 67.2 Å². The molecule has 0 bridgehead atoms. The fourth-order valence-corrected chi connectivity index (χ4v) is 1.78. The lowest BCUT2D eigenvalue weighted by Crippen LogP contribution is -2.27. The van der Waals surface area contributed by atoms with Crippen molar-refractivity contribution >= 4 is 0 Å². The first kappa shape index (κ1) is 19.7. The Labute approximate surface area is 132 Å². The minimum Gasteiger partial charge on any atom is -0.297 e. The van der Waals surface area contributed by atoms with Crippen LogP contribution in [0.5, 0.6) is 0 Å². The highest BCUT2D eigenvalue weighted by atomic mass is 15.1. The van der Waals surface area contributed by atoms with Crippen molar-refractivity contribution in [1.29, 1.82) is 0 Å². The lowest BCUT2D eigenvalue weighted by molar-refractivity contribution is 0.329. The molecule has 0 aliphatic carbocycles. The fraction of sp³-hybridized carbons (Fsp3) is 0.500. The molecule has 0 rings (SSSR count). The van der Waals surface area contributed by atoms with E-state index in [-0.39, 0.29) is 0 Å². The zero-order valence-corrected chi connectivity index (χ0v) is 14.5. The molecule has 1 heteroatoms. The highest BCUT2D eigenvalue weighted by Crippen LogP contribution is 2.06. The zero-order chi connectivity index (χ0) is 15.9. The van der Waals surface area contributed by atoms with Crippen molar-refractivity contribution in [2.75, 3.05) is 13.6 Å². The summed E-state index contributed by atoms with van der Waals surface area (Å²) >= 11 is 0. The summed E-state index contributed by atoms with van der Waals surface area (Å²) in [6.45, 7) is 9.62. The Hall–Kier alpha value is -1.34. The molecule has 1 unspecified atom stereocenters. The molecular weight excluding hydrogens is 254 g/mol. The minimum absolute atomic E-state index is 0.477. The molecule has 118 valence electrons. The van der Waals surface area contributed by atoms with Gasteiger partial charge in [0.05, 0.1) is 0 Å². The molecule has 0 saturated heterocycles. The highest BCUT2D eigenvalue weighted by Gasteiger charge is 2.02. The maximum Gasteiger partial charge on any atom is 0.0250 e. The van der Waals surface area contributed by atoms with E-state index >= 15 is 0 Å². The molecule has 0 aliphatic heterocycles. The molecule has 0 heterocycles. The molecule has 1 atom stereocenters. The highest BCUT2D eigenvalue weighted by molar-refractivity contribution is 5.10. The maximum absolute atomic E-state index is 2.34. The minimum atomic E-state index is 0.477. The van der Waals surface area contributed by atoms with Crippen LogP contribution in [0, 0.1) is 0 Å². The summed E-state index contributed by atoms with van der Waals surface area (Å²) in [4.78, 5) is 2.34. The smallest absolute Gasteiger partial charge is 0.0250 e. The second-order valence-electron chi connectivity index (χ2n) is 5.45. The van der Waals surface area contributed by atoms with Crippen molar-refractivity contribution in [3.05, 3.63) is 60.3 Å². The van der Waals surface area contributed by atoms with Gasteiger partial charge < -0.3 is 0 Å². The standard InChI is InChI=1S/C20H33N/c1-6-8-10-11-14-18-21(5)20(4)17-13-12-16-19(3)15-9-7-2/h7-11,13-15,17,20H,6,12,16,18H2,1-5H3/b9-7-,10-8-,14-11-,17-13-,19-15+. The van der Waals surface area contributed by atoms with Crippen LogP contribution in [0.25, 0.3) is 0 Å². The third kappa shape index (κ3) is 12.1. The van der Waals surface area contributed by atoms with Gasteiger partial charge in [-0.2, -0.15) is 0 Å². The monoisotopic (exact) mass is 287 g/mol. The molecule has 0 aliphatic rings. The third-order valence-corrected chi connectivity index (χ3v) is 3.40. The van der Waals surface area contributed by atoms with Crippen molar-refractivity contribution in [1.82, 2.24) is 4.90 Å². The van der Waals surface area contributed by atoms with Crippen LogP contribution >= 0.6 is 0 Å². The van der Waals surface area contributed by atoms with E-state index in [1.54, 1.807) is 0 Å². The van der Waals surface area contributed by atoms with Gasteiger partial charge >= 0.3 is 0 Å². The summed E-state index contributed by atoms with van der Waals surface area (Å²) in [6.07, 6.45) is 23.0. The summed E-state index contributed by atoms with van der Waals surface area (Å²) in [5.41, 5.74) is 1.43. The molecule has 0 saturated carbocycles. The molecule has 0 fully saturated rings. The van der Waals surface area contributed by atoms with Crippen molar-refractivity contribution < 1.29 is 0 Å². The first-order chi connectivity index (χ1) is 10.1. The Balaban J connectivity index is 4.00. The average molecular weight is 287 g/mol. The fourth-order valence-electron chi connectivity index (χ4n) is 1.78. The number of nitrogens with zero attached hydrogens (tertiary/aromatic N) is 1. The van der Waals surface area contributed by atoms with Crippen LogP contribution in [-0.4, -0.2) is 24.5 Å². The first-order valence-electron chi connectivity index (χ1n) is 8.08. The van der Waals surface area contributed by atoms with E-state index in [2.05, 4.69) is 87.4 Å². The van der Waals surface area contributed by atoms with E-state index in [0.717, 1.165) is 25.8 Å². The van der Waals surface area contributed by atoms with E-state index in [0.29, 0.717) is 6.04 Å². The van der Waals surface area contributed by atoms with Crippen molar-refractivity contribution in [3.8, 4) is 0 Å². The molecule has 0 spiro atoms. The van der Waals surface area contributed by atoms with Gasteiger partial charge in [-0.3, -0.25) is 4.90 Å². The van der Waals surface area contributed by atoms with Gasteiger partial charge in [-0.25, -0.2) is 0 Å². The van der Waals surface area contributed by atoms with Gasteiger partial charge in [0.2, 0.25) is 0 Å². The summed E-state index contributed by atoms with van der Waals surface area (Å²) < 4.78 is 0. The van der Waals surface area contributed by atoms with E-state index in [1.165, 1.54) is 5.57 Å². The Kier molecular flexibility index (Phi) is 12.8. The van der Waals surface area contributed by atoms with Crippen LogP contribution in [0.15, 0.2) is 60.3 Å². The molecule has 0 radical (unpaired) electrons. The van der Waals surface area contributed by atoms with Crippen LogP contribution in [0.2, 0.25) is 0 Å². The molecule has 0 aromatic carbocycles. The van der Waals surface area contributed by atoms with Crippen molar-refractivity contribution in [2.24, 2.45) is 0 Å². The van der Waals surface area contributed by atoms with Gasteiger partial charge in [0.25, 0.3) is 0 Å². The number of likely N-dealkylation sites (N-methyl/N-ethyl adjacent to an activating group) is 1. The van der Waals surface area contributed by atoms with Gasteiger partial charge in [-0.05, 0) is 47.1 Å². The predicted octanol–water partition coefficient (Wildman–Crippen LogP) is 5.69. The van der Waals surface area contributed by atoms with Crippen LogP contribution in [-0.2, 0) is 0 Å². The summed E-state index contributed by atoms with van der Waals surface area (Å²) in [5, 5.41) is 0. The molecule has 21 heavy (non-hydrogen) atoms. The van der Waals surface area contributed by atoms with Crippen LogP contribution in [0.1, 0.15) is 47.0 Å². The third-order valence-electron chi connectivity index (χ3n) is 3.40. The Bertz CT molecular complexity index is 383. The topological polar surface area (TPSA) is 3.24 Å². The number of hydrogen-bond acceptors (Lipinski definition) is 1. The molecule has 0 aromatic rings. The molecule has 0 N–H and O–H groups in total. The normalized spacial score (nSPS) is 15.4. The molecular formula is C20H33N. The SMILES string of the molecule is C/C=C\C=C(/C)CC/C=C\C(C)N(C)C/C=C\C=C/CC. The quantitative estimate of drug-likeness (QED) is 0.368. The summed E-state index contributed by atoms with van der Waals surface area (Å²) in [5.74, 6) is 0. The summed E-state index contributed by atoms with van der Waals surface area (Å²) in [6, 6.07) is 0.477. The molecule has 0 aromatic heterocycles. The molecule has 0 amide bonds. The Morgan fingerprint density at radius 1 is 1.10 bits per heavy atom. The van der Waals surface area contributed by atoms with Gasteiger partial charge in [-0.15, -0.1) is 0 Å². The number of rotatable bonds is 10. The number of allylic oxidation sites excluding steroid dienone is 8. The average Bonchev–Trinajstić information content (AvgIpc) is 2.48. The maximum atomic E-state index is 2.34. The lowest BCUT2D eigenvalue weighted by Gasteiger charge is -2.19. The second kappa shape index (κ2) is 13.6. The largest absolute Gasteiger partial charge is 0.297 e. The zero-order valence-electron chi connectivity index (χ0n) is 14.5. The Morgan fingerprint density at radius 3 is 2.48 bits per heavy atom. The van der Waals surface area contributed by atoms with E-state index < -0.39 is 0 Å². The predicted molar refractivity (Wildman–Crippen MR) is 97.6 cm³/mol. The van der Waals surface area contributed by atoms with Gasteiger partial charge in [0.1, 0.15) is 0 Å². The van der Waals surface area contributed by atoms with Gasteiger partial charge in [0.15, 0.2) is 0 Å². The van der Waals surface area contributed by atoms with Gasteiger partial charge in [0, 0.05) is 12.6 Å². The van der Waals surface area contributed by atoms with E-state index in [4.69, 9.17) is 0 Å². The van der Waals surface area contributed by atoms with Crippen LogP contribution in [0.4, 0.5) is 0 Å². The lowest BCUT2D eigenvalue weighted by atomic mass is 10.1. The van der Waals surface area contributed by atoms with Crippen LogP contribution < -0.4 is 0 Å². The van der Waals surface area contributed by atoms with Crippen LogP contribution in [0.3, 0.4) is 0 Å². The van der Waals surface area contributed by atoms with E-state index in [1.807, 2.05) is 6.92 Å². The second-order valence-corrected chi connectivity index (χ2v) is 5.45.